The fourth-order valence-corrected chi connectivity index (χ4v) is 2.69. The van der Waals surface area contributed by atoms with Crippen LogP contribution in [0.2, 0.25) is 0 Å². The number of rotatable bonds is 5. The fraction of sp³-hybridized carbons (Fsp3) is 0.333. The summed E-state index contributed by atoms with van der Waals surface area (Å²) < 4.78 is 1.83. The number of hydrogen-bond donors (Lipinski definition) is 2. The summed E-state index contributed by atoms with van der Waals surface area (Å²) in [5, 5.41) is 13.4. The van der Waals surface area contributed by atoms with E-state index in [-0.39, 0.29) is 11.7 Å². The molecule has 2 N–H and O–H groups in total. The zero-order chi connectivity index (χ0) is 16.8. The van der Waals surface area contributed by atoms with E-state index in [4.69, 9.17) is 0 Å². The van der Waals surface area contributed by atoms with E-state index in [0.717, 1.165) is 17.7 Å². The number of hydrogen-bond acceptors (Lipinski definition) is 5. The molecular weight excluding hydrogens is 314 g/mol. The monoisotopic (exact) mass is 333 g/mol. The molecule has 7 nitrogen and oxygen atoms in total. The lowest BCUT2D eigenvalue weighted by atomic mass is 10.1. The first-order valence-corrected chi connectivity index (χ1v) is 8.17. The van der Waals surface area contributed by atoms with Crippen LogP contribution in [0.15, 0.2) is 29.7 Å². The summed E-state index contributed by atoms with van der Waals surface area (Å²) in [6.45, 7) is 6.57. The van der Waals surface area contributed by atoms with Crippen molar-refractivity contribution in [3.05, 3.63) is 35.7 Å². The Morgan fingerprint density at radius 1 is 1.30 bits per heavy atom. The van der Waals surface area contributed by atoms with Gasteiger partial charge in [0.2, 0.25) is 5.91 Å². The van der Waals surface area contributed by atoms with Crippen LogP contribution in [-0.4, -0.2) is 32.5 Å². The maximum Gasteiger partial charge on any atom is 0.325 e. The Hall–Kier alpha value is -2.35. The number of aromatic nitrogens is 3. The summed E-state index contributed by atoms with van der Waals surface area (Å²) in [5.74, 6) is -0.290. The first kappa shape index (κ1) is 17.0. The van der Waals surface area contributed by atoms with Gasteiger partial charge >= 0.3 is 6.03 Å². The molecule has 8 heteroatoms. The van der Waals surface area contributed by atoms with Gasteiger partial charge < -0.3 is 9.88 Å². The van der Waals surface area contributed by atoms with Crippen molar-refractivity contribution in [2.45, 2.75) is 32.5 Å². The van der Waals surface area contributed by atoms with Crippen LogP contribution in [0.3, 0.4) is 0 Å². The molecular formula is C15H19N5O2S. The third-order valence-corrected chi connectivity index (χ3v) is 4.34. The second-order valence-electron chi connectivity index (χ2n) is 4.94. The van der Waals surface area contributed by atoms with Crippen LogP contribution < -0.4 is 10.6 Å². The van der Waals surface area contributed by atoms with Gasteiger partial charge in [0.1, 0.15) is 6.33 Å². The highest BCUT2D eigenvalue weighted by molar-refractivity contribution is 7.99. The summed E-state index contributed by atoms with van der Waals surface area (Å²) in [6.07, 6.45) is 1.60. The van der Waals surface area contributed by atoms with Crippen LogP contribution in [0.5, 0.6) is 0 Å². The van der Waals surface area contributed by atoms with Crippen molar-refractivity contribution in [1.82, 2.24) is 20.1 Å². The van der Waals surface area contributed by atoms with Crippen molar-refractivity contribution in [3.63, 3.8) is 0 Å². The largest absolute Gasteiger partial charge is 0.325 e. The lowest BCUT2D eigenvalue weighted by Crippen LogP contribution is -2.35. The van der Waals surface area contributed by atoms with Crippen molar-refractivity contribution < 1.29 is 9.59 Å². The van der Waals surface area contributed by atoms with Gasteiger partial charge in [-0.15, -0.1) is 10.2 Å². The van der Waals surface area contributed by atoms with Crippen molar-refractivity contribution >= 4 is 29.4 Å². The van der Waals surface area contributed by atoms with Gasteiger partial charge in [0, 0.05) is 12.2 Å². The lowest BCUT2D eigenvalue weighted by Gasteiger charge is -2.10. The molecule has 1 aromatic carbocycles. The van der Waals surface area contributed by atoms with Crippen molar-refractivity contribution in [1.29, 1.82) is 0 Å². The van der Waals surface area contributed by atoms with Gasteiger partial charge in [-0.3, -0.25) is 10.1 Å². The second-order valence-corrected chi connectivity index (χ2v) is 5.88. The molecule has 1 aromatic heterocycles. The van der Waals surface area contributed by atoms with Crippen LogP contribution in [0.1, 0.15) is 18.1 Å². The molecule has 122 valence electrons. The molecule has 0 spiro atoms. The number of aryl methyl sites for hydroxylation is 2. The Morgan fingerprint density at radius 3 is 2.83 bits per heavy atom. The van der Waals surface area contributed by atoms with Crippen LogP contribution >= 0.6 is 11.8 Å². The predicted molar refractivity (Wildman–Crippen MR) is 89.5 cm³/mol. The Labute approximate surface area is 138 Å². The average Bonchev–Trinajstić information content (AvgIpc) is 2.97. The highest BCUT2D eigenvalue weighted by Gasteiger charge is 2.12. The fourth-order valence-electron chi connectivity index (χ4n) is 1.91. The minimum absolute atomic E-state index is 0.0961. The third kappa shape index (κ3) is 4.56. The first-order valence-electron chi connectivity index (χ1n) is 7.19. The number of imide groups is 1. The molecule has 0 aliphatic rings. The molecule has 2 aromatic rings. The van der Waals surface area contributed by atoms with Crippen molar-refractivity contribution in [3.8, 4) is 0 Å². The van der Waals surface area contributed by atoms with Crippen LogP contribution in [-0.2, 0) is 11.3 Å². The number of thioether (sulfide) groups is 1. The number of nitrogens with one attached hydrogen (secondary N) is 2. The molecule has 0 atom stereocenters. The summed E-state index contributed by atoms with van der Waals surface area (Å²) >= 11 is 1.24. The van der Waals surface area contributed by atoms with E-state index in [1.54, 1.807) is 12.4 Å². The Kier molecular flexibility index (Phi) is 5.75. The highest BCUT2D eigenvalue weighted by Crippen LogP contribution is 2.18. The zero-order valence-electron chi connectivity index (χ0n) is 13.3. The minimum Gasteiger partial charge on any atom is -0.309 e. The van der Waals surface area contributed by atoms with Gasteiger partial charge in [0.15, 0.2) is 5.16 Å². The normalized spacial score (nSPS) is 10.4. The molecule has 0 aliphatic heterocycles. The summed E-state index contributed by atoms with van der Waals surface area (Å²) in [7, 11) is 0. The topological polar surface area (TPSA) is 88.9 Å². The maximum absolute atomic E-state index is 11.9. The van der Waals surface area contributed by atoms with E-state index < -0.39 is 6.03 Å². The number of anilines is 1. The molecule has 0 saturated carbocycles. The van der Waals surface area contributed by atoms with Gasteiger partial charge in [0.25, 0.3) is 0 Å². The number of carbonyl (C=O) groups is 2. The van der Waals surface area contributed by atoms with Crippen LogP contribution in [0, 0.1) is 13.8 Å². The van der Waals surface area contributed by atoms with E-state index in [0.29, 0.717) is 10.8 Å². The van der Waals surface area contributed by atoms with E-state index >= 15 is 0 Å². The van der Waals surface area contributed by atoms with E-state index in [2.05, 4.69) is 20.8 Å². The average molecular weight is 333 g/mol. The smallest absolute Gasteiger partial charge is 0.309 e. The number of amides is 3. The minimum atomic E-state index is -0.541. The zero-order valence-corrected chi connectivity index (χ0v) is 14.1. The van der Waals surface area contributed by atoms with Gasteiger partial charge in [-0.05, 0) is 38.0 Å². The second kappa shape index (κ2) is 7.77. The maximum atomic E-state index is 11.9. The van der Waals surface area contributed by atoms with Crippen LogP contribution in [0.25, 0.3) is 0 Å². The Bertz CT molecular complexity index is 714. The molecule has 0 radical (unpaired) electrons. The standard InChI is InChI=1S/C15H19N5O2S/c1-4-20-9-16-19-15(20)23-8-13(21)18-14(22)17-12-7-5-6-10(2)11(12)3/h5-7,9H,4,8H2,1-3H3,(H2,17,18,21,22). The van der Waals surface area contributed by atoms with E-state index in [1.165, 1.54) is 11.8 Å². The summed E-state index contributed by atoms with van der Waals surface area (Å²) in [4.78, 5) is 23.7. The molecule has 0 unspecified atom stereocenters. The number of nitrogens with zero attached hydrogens (tertiary/aromatic N) is 3. The van der Waals surface area contributed by atoms with Gasteiger partial charge in [-0.2, -0.15) is 0 Å². The molecule has 3 amide bonds. The van der Waals surface area contributed by atoms with E-state index in [1.807, 2.05) is 37.5 Å². The highest BCUT2D eigenvalue weighted by atomic mass is 32.2. The summed E-state index contributed by atoms with van der Waals surface area (Å²) in [6, 6.07) is 5.07. The van der Waals surface area contributed by atoms with E-state index in [9.17, 15) is 9.59 Å². The molecule has 0 bridgehead atoms. The third-order valence-electron chi connectivity index (χ3n) is 3.36. The van der Waals surface area contributed by atoms with Crippen molar-refractivity contribution in [2.24, 2.45) is 0 Å². The quantitative estimate of drug-likeness (QED) is 0.820. The molecule has 23 heavy (non-hydrogen) atoms. The van der Waals surface area contributed by atoms with Gasteiger partial charge in [-0.25, -0.2) is 4.79 Å². The number of benzene rings is 1. The number of urea groups is 1. The lowest BCUT2D eigenvalue weighted by molar-refractivity contribution is -0.117. The summed E-state index contributed by atoms with van der Waals surface area (Å²) in [5.41, 5.74) is 2.73. The molecule has 1 heterocycles. The van der Waals surface area contributed by atoms with Gasteiger partial charge in [-0.1, -0.05) is 23.9 Å². The molecule has 0 aliphatic carbocycles. The molecule has 0 fully saturated rings. The first-order chi connectivity index (χ1) is 11.0. The van der Waals surface area contributed by atoms with Gasteiger partial charge in [0.05, 0.1) is 5.75 Å². The van der Waals surface area contributed by atoms with Crippen LogP contribution in [0.4, 0.5) is 10.5 Å². The molecule has 0 saturated heterocycles. The predicted octanol–water partition coefficient (Wildman–Crippen LogP) is 2.36. The molecule has 2 rings (SSSR count). The number of carbonyl (C=O) groups excluding carboxylic acids is 2. The SMILES string of the molecule is CCn1cnnc1SCC(=O)NC(=O)Nc1cccc(C)c1C. The Balaban J connectivity index is 1.85. The Morgan fingerprint density at radius 2 is 2.09 bits per heavy atom. The van der Waals surface area contributed by atoms with Crippen molar-refractivity contribution in [2.75, 3.05) is 11.1 Å².